The summed E-state index contributed by atoms with van der Waals surface area (Å²) in [5, 5.41) is 27.0. The van der Waals surface area contributed by atoms with Gasteiger partial charge in [-0.25, -0.2) is 0 Å². The topological polar surface area (TPSA) is 103 Å². The highest BCUT2D eigenvalue weighted by Gasteiger charge is 2.50. The van der Waals surface area contributed by atoms with E-state index in [9.17, 15) is 15.0 Å². The minimum atomic E-state index is -0.965. The van der Waals surface area contributed by atoms with Crippen LogP contribution in [0, 0.1) is 12.8 Å². The molecule has 0 bridgehead atoms. The Balaban J connectivity index is 1.70. The first kappa shape index (κ1) is 19.2. The maximum Gasteiger partial charge on any atom is 0.224 e. The smallest absolute Gasteiger partial charge is 0.224 e. The van der Waals surface area contributed by atoms with Crippen LogP contribution in [0.4, 0.5) is 5.69 Å². The summed E-state index contributed by atoms with van der Waals surface area (Å²) in [7, 11) is 1.58. The van der Waals surface area contributed by atoms with Crippen LogP contribution in [-0.2, 0) is 9.53 Å². The number of fused-ring (bicyclic) bond motifs is 1. The summed E-state index contributed by atoms with van der Waals surface area (Å²) in [4.78, 5) is 17.1. The Hall–Kier alpha value is -1.61. The average Bonchev–Trinajstić information content (AvgIpc) is 3.04. The highest BCUT2D eigenvalue weighted by atomic mass is 32.2. The number of anilines is 1. The number of aliphatic hydroxyl groups excluding tert-OH is 2. The van der Waals surface area contributed by atoms with E-state index in [0.717, 1.165) is 11.3 Å². The zero-order valence-corrected chi connectivity index (χ0v) is 15.7. The molecule has 1 saturated carbocycles. The number of hydrogen-bond donors (Lipinski definition) is 4. The molecule has 0 saturated heterocycles. The van der Waals surface area contributed by atoms with Gasteiger partial charge in [-0.15, -0.1) is 0 Å². The van der Waals surface area contributed by atoms with Gasteiger partial charge >= 0.3 is 0 Å². The molecule has 5 atom stereocenters. The van der Waals surface area contributed by atoms with Crippen LogP contribution in [0.5, 0.6) is 0 Å². The molecular weight excluding hydrogens is 354 g/mol. The van der Waals surface area contributed by atoms with Crippen molar-refractivity contribution >= 4 is 28.5 Å². The Morgan fingerprint density at radius 3 is 2.77 bits per heavy atom. The van der Waals surface area contributed by atoms with E-state index in [4.69, 9.17) is 4.74 Å². The summed E-state index contributed by atoms with van der Waals surface area (Å²) >= 11 is 1.45. The van der Waals surface area contributed by atoms with Gasteiger partial charge in [0.15, 0.2) is 5.17 Å². The quantitative estimate of drug-likeness (QED) is 0.563. The number of aliphatic imine (C=N–C) groups is 1. The van der Waals surface area contributed by atoms with Crippen molar-refractivity contribution in [1.82, 2.24) is 5.32 Å². The van der Waals surface area contributed by atoms with Gasteiger partial charge in [0, 0.05) is 24.6 Å². The van der Waals surface area contributed by atoms with E-state index < -0.39 is 24.2 Å². The Kier molecular flexibility index (Phi) is 6.18. The van der Waals surface area contributed by atoms with Crippen molar-refractivity contribution in [3.8, 4) is 0 Å². The molecule has 1 heterocycles. The Bertz CT molecular complexity index is 667. The average molecular weight is 379 g/mol. The third-order valence-electron chi connectivity index (χ3n) is 4.73. The lowest BCUT2D eigenvalue weighted by atomic mass is 9.81. The molecule has 5 unspecified atom stereocenters. The van der Waals surface area contributed by atoms with Crippen LogP contribution in [0.1, 0.15) is 12.0 Å². The van der Waals surface area contributed by atoms with E-state index in [1.165, 1.54) is 11.8 Å². The highest BCUT2D eigenvalue weighted by molar-refractivity contribution is 8.15. The number of amidine groups is 1. The Morgan fingerprint density at radius 2 is 2.08 bits per heavy atom. The first-order valence-corrected chi connectivity index (χ1v) is 9.58. The second-order valence-electron chi connectivity index (χ2n) is 6.68. The van der Waals surface area contributed by atoms with Crippen molar-refractivity contribution in [2.24, 2.45) is 10.9 Å². The largest absolute Gasteiger partial charge is 0.390 e. The number of amides is 1. The minimum Gasteiger partial charge on any atom is -0.390 e. The molecule has 0 aromatic heterocycles. The van der Waals surface area contributed by atoms with Crippen LogP contribution in [0.25, 0.3) is 0 Å². The molecular formula is C18H25N3O4S. The molecule has 3 rings (SSSR count). The summed E-state index contributed by atoms with van der Waals surface area (Å²) < 4.78 is 4.95. The molecule has 1 fully saturated rings. The summed E-state index contributed by atoms with van der Waals surface area (Å²) in [5.74, 6) is -0.552. The van der Waals surface area contributed by atoms with Gasteiger partial charge in [0.2, 0.25) is 5.91 Å². The molecule has 1 aliphatic carbocycles. The summed E-state index contributed by atoms with van der Waals surface area (Å²) in [6, 6.07) is 7.41. The van der Waals surface area contributed by atoms with Crippen molar-refractivity contribution in [3.05, 3.63) is 29.8 Å². The normalized spacial score (nSPS) is 30.5. The van der Waals surface area contributed by atoms with E-state index >= 15 is 0 Å². The third-order valence-corrected chi connectivity index (χ3v) is 6.04. The molecule has 4 N–H and O–H groups in total. The van der Waals surface area contributed by atoms with Crippen LogP contribution in [0.3, 0.4) is 0 Å². The predicted molar refractivity (Wildman–Crippen MR) is 102 cm³/mol. The monoisotopic (exact) mass is 379 g/mol. The Morgan fingerprint density at radius 1 is 1.35 bits per heavy atom. The van der Waals surface area contributed by atoms with Crippen LogP contribution >= 0.6 is 11.8 Å². The number of rotatable bonds is 5. The number of nitrogens with zero attached hydrogens (tertiary/aromatic N) is 1. The maximum atomic E-state index is 12.5. The molecule has 0 radical (unpaired) electrons. The zero-order valence-electron chi connectivity index (χ0n) is 14.9. The van der Waals surface area contributed by atoms with Gasteiger partial charge in [-0.1, -0.05) is 29.5 Å². The molecule has 1 aromatic carbocycles. The van der Waals surface area contributed by atoms with Gasteiger partial charge in [0.05, 0.1) is 24.7 Å². The molecule has 1 amide bonds. The van der Waals surface area contributed by atoms with Gasteiger partial charge < -0.3 is 25.6 Å². The number of thioether (sulfide) groups is 1. The fourth-order valence-electron chi connectivity index (χ4n) is 3.28. The maximum absolute atomic E-state index is 12.5. The number of ether oxygens (including phenoxy) is 1. The lowest BCUT2D eigenvalue weighted by Crippen LogP contribution is -2.54. The number of aliphatic hydroxyl groups is 2. The Labute approximate surface area is 157 Å². The van der Waals surface area contributed by atoms with Gasteiger partial charge in [0.25, 0.3) is 0 Å². The number of carbonyl (C=O) groups is 1. The number of carbonyl (C=O) groups excluding carboxylic acids is 1. The SMILES string of the molecule is COCCNC(=O)C1CC(O)C(O)C2N=C(Nc3ccc(C)cc3)SC12. The van der Waals surface area contributed by atoms with Crippen molar-refractivity contribution in [2.75, 3.05) is 25.6 Å². The van der Waals surface area contributed by atoms with Crippen molar-refractivity contribution < 1.29 is 19.7 Å². The summed E-state index contributed by atoms with van der Waals surface area (Å²) in [6.07, 6.45) is -1.70. The second-order valence-corrected chi connectivity index (χ2v) is 7.85. The van der Waals surface area contributed by atoms with Crippen LogP contribution in [0.2, 0.25) is 0 Å². The molecule has 1 aliphatic heterocycles. The minimum absolute atomic E-state index is 0.137. The van der Waals surface area contributed by atoms with E-state index in [2.05, 4.69) is 15.6 Å². The van der Waals surface area contributed by atoms with Gasteiger partial charge in [0.1, 0.15) is 6.10 Å². The number of aryl methyl sites for hydroxylation is 1. The number of nitrogens with one attached hydrogen (secondary N) is 2. The van der Waals surface area contributed by atoms with Crippen molar-refractivity contribution in [3.63, 3.8) is 0 Å². The molecule has 7 nitrogen and oxygen atoms in total. The van der Waals surface area contributed by atoms with Gasteiger partial charge in [-0.2, -0.15) is 0 Å². The first-order valence-electron chi connectivity index (χ1n) is 8.70. The standard InChI is InChI=1S/C18H25N3O4S/c1-10-3-5-11(6-4-10)20-18-21-14-15(23)13(22)9-12(16(14)26-18)17(24)19-7-8-25-2/h3-6,12-16,22-23H,7-9H2,1-2H3,(H,19,24)(H,20,21). The number of hydrogen-bond acceptors (Lipinski definition) is 7. The summed E-state index contributed by atoms with van der Waals surface area (Å²) in [5.41, 5.74) is 2.06. The zero-order chi connectivity index (χ0) is 18.7. The fourth-order valence-corrected chi connectivity index (χ4v) is 4.65. The first-order chi connectivity index (χ1) is 12.5. The fraction of sp³-hybridized carbons (Fsp3) is 0.556. The molecule has 2 aliphatic rings. The van der Waals surface area contributed by atoms with E-state index in [0.29, 0.717) is 18.3 Å². The van der Waals surface area contributed by atoms with E-state index in [1.54, 1.807) is 7.11 Å². The van der Waals surface area contributed by atoms with Crippen LogP contribution in [0.15, 0.2) is 29.3 Å². The van der Waals surface area contributed by atoms with Crippen molar-refractivity contribution in [1.29, 1.82) is 0 Å². The van der Waals surface area contributed by atoms with Gasteiger partial charge in [-0.05, 0) is 25.5 Å². The molecule has 142 valence electrons. The molecule has 1 aromatic rings. The predicted octanol–water partition coefficient (Wildman–Crippen LogP) is 0.751. The van der Waals surface area contributed by atoms with Crippen molar-refractivity contribution in [2.45, 2.75) is 36.8 Å². The van der Waals surface area contributed by atoms with Crippen LogP contribution < -0.4 is 10.6 Å². The highest BCUT2D eigenvalue weighted by Crippen LogP contribution is 2.41. The second kappa shape index (κ2) is 8.39. The molecule has 0 spiro atoms. The lowest BCUT2D eigenvalue weighted by Gasteiger charge is -2.37. The molecule has 26 heavy (non-hydrogen) atoms. The van der Waals surface area contributed by atoms with E-state index in [1.807, 2.05) is 31.2 Å². The molecule has 8 heteroatoms. The van der Waals surface area contributed by atoms with Crippen LogP contribution in [-0.4, -0.2) is 65.0 Å². The number of methoxy groups -OCH3 is 1. The van der Waals surface area contributed by atoms with Gasteiger partial charge in [-0.3, -0.25) is 9.79 Å². The van der Waals surface area contributed by atoms with E-state index in [-0.39, 0.29) is 17.6 Å². The lowest BCUT2D eigenvalue weighted by molar-refractivity contribution is -0.129. The third kappa shape index (κ3) is 4.20. The number of benzene rings is 1. The summed E-state index contributed by atoms with van der Waals surface area (Å²) in [6.45, 7) is 2.87.